The van der Waals surface area contributed by atoms with E-state index in [9.17, 15) is 4.79 Å². The molecule has 138 valence electrons. The highest BCUT2D eigenvalue weighted by atomic mass is 16.5. The number of hydrazone groups is 1. The first-order chi connectivity index (χ1) is 12.7. The van der Waals surface area contributed by atoms with Crippen molar-refractivity contribution in [2.24, 2.45) is 5.10 Å². The smallest absolute Gasteiger partial charge is 0.271 e. The van der Waals surface area contributed by atoms with Gasteiger partial charge in [0, 0.05) is 30.8 Å². The molecule has 0 spiro atoms. The van der Waals surface area contributed by atoms with Gasteiger partial charge in [-0.1, -0.05) is 0 Å². The molecular formula is C18H21N3O5. The van der Waals surface area contributed by atoms with Gasteiger partial charge in [-0.15, -0.1) is 0 Å². The van der Waals surface area contributed by atoms with Crippen LogP contribution >= 0.6 is 0 Å². The highest BCUT2D eigenvalue weighted by Gasteiger charge is 2.14. The number of rotatable bonds is 6. The van der Waals surface area contributed by atoms with Crippen LogP contribution in [-0.4, -0.2) is 52.6 Å². The van der Waals surface area contributed by atoms with E-state index in [1.165, 1.54) is 20.4 Å². The van der Waals surface area contributed by atoms with Gasteiger partial charge in [-0.25, -0.2) is 5.43 Å². The number of methoxy groups -OCH3 is 2. The summed E-state index contributed by atoms with van der Waals surface area (Å²) in [5.74, 6) is 1.99. The van der Waals surface area contributed by atoms with E-state index in [-0.39, 0.29) is 5.91 Å². The summed E-state index contributed by atoms with van der Waals surface area (Å²) in [5, 5.41) is 3.94. The lowest BCUT2D eigenvalue weighted by Gasteiger charge is -2.26. The SMILES string of the molecule is COc1cc(OC)cc(C(=O)NN=Cc2ccc(N3CCOCC3)o2)c1. The fraction of sp³-hybridized carbons (Fsp3) is 0.333. The predicted octanol–water partition coefficient (Wildman–Crippen LogP) is 1.90. The fourth-order valence-corrected chi connectivity index (χ4v) is 2.52. The molecule has 1 amide bonds. The van der Waals surface area contributed by atoms with Crippen molar-refractivity contribution < 1.29 is 23.4 Å². The van der Waals surface area contributed by atoms with E-state index in [4.69, 9.17) is 18.6 Å². The zero-order chi connectivity index (χ0) is 18.4. The van der Waals surface area contributed by atoms with Crippen LogP contribution in [0, 0.1) is 0 Å². The van der Waals surface area contributed by atoms with Crippen LogP contribution in [0.25, 0.3) is 0 Å². The third kappa shape index (κ3) is 4.34. The van der Waals surface area contributed by atoms with E-state index >= 15 is 0 Å². The summed E-state index contributed by atoms with van der Waals surface area (Å²) in [4.78, 5) is 14.3. The minimum Gasteiger partial charge on any atom is -0.497 e. The Hall–Kier alpha value is -3.00. The topological polar surface area (TPSA) is 85.5 Å². The van der Waals surface area contributed by atoms with Gasteiger partial charge in [0.05, 0.1) is 33.6 Å². The second kappa shape index (κ2) is 8.39. The van der Waals surface area contributed by atoms with Gasteiger partial charge >= 0.3 is 0 Å². The van der Waals surface area contributed by atoms with E-state index in [1.807, 2.05) is 6.07 Å². The molecule has 1 aliphatic rings. The number of furan rings is 1. The van der Waals surface area contributed by atoms with Crippen LogP contribution in [0.4, 0.5) is 5.88 Å². The Bertz CT molecular complexity index is 759. The molecule has 2 aromatic rings. The van der Waals surface area contributed by atoms with Crippen LogP contribution in [0.2, 0.25) is 0 Å². The van der Waals surface area contributed by atoms with E-state index < -0.39 is 0 Å². The standard InChI is InChI=1S/C18H21N3O5/c1-23-15-9-13(10-16(11-15)24-2)18(22)20-19-12-14-3-4-17(26-14)21-5-7-25-8-6-21/h3-4,9-12H,5-8H2,1-2H3,(H,20,22). The Labute approximate surface area is 151 Å². The molecule has 1 fully saturated rings. The van der Waals surface area contributed by atoms with Crippen molar-refractivity contribution in [3.8, 4) is 11.5 Å². The molecule has 8 heteroatoms. The van der Waals surface area contributed by atoms with Gasteiger partial charge in [0.25, 0.3) is 5.91 Å². The molecule has 1 aromatic carbocycles. The molecule has 1 aliphatic heterocycles. The monoisotopic (exact) mass is 359 g/mol. The predicted molar refractivity (Wildman–Crippen MR) is 96.3 cm³/mol. The molecule has 3 rings (SSSR count). The number of carbonyl (C=O) groups excluding carboxylic acids is 1. The molecular weight excluding hydrogens is 338 g/mol. The van der Waals surface area contributed by atoms with Crippen molar-refractivity contribution >= 4 is 18.0 Å². The maximum Gasteiger partial charge on any atom is 0.271 e. The summed E-state index contributed by atoms with van der Waals surface area (Å²) >= 11 is 0. The quantitative estimate of drug-likeness (QED) is 0.626. The highest BCUT2D eigenvalue weighted by molar-refractivity contribution is 5.95. The summed E-state index contributed by atoms with van der Waals surface area (Å²) in [5.41, 5.74) is 2.85. The van der Waals surface area contributed by atoms with Gasteiger partial charge in [-0.2, -0.15) is 5.10 Å². The number of nitrogens with zero attached hydrogens (tertiary/aromatic N) is 2. The van der Waals surface area contributed by atoms with E-state index in [2.05, 4.69) is 15.4 Å². The Morgan fingerprint density at radius 2 is 1.85 bits per heavy atom. The van der Waals surface area contributed by atoms with Crippen LogP contribution in [0.15, 0.2) is 39.9 Å². The van der Waals surface area contributed by atoms with Gasteiger partial charge in [0.1, 0.15) is 17.3 Å². The lowest BCUT2D eigenvalue weighted by atomic mass is 10.2. The fourth-order valence-electron chi connectivity index (χ4n) is 2.52. The molecule has 1 saturated heterocycles. The number of ether oxygens (including phenoxy) is 3. The Balaban J connectivity index is 1.61. The number of hydrogen-bond acceptors (Lipinski definition) is 7. The van der Waals surface area contributed by atoms with Gasteiger partial charge in [-0.3, -0.25) is 4.79 Å². The van der Waals surface area contributed by atoms with Crippen LogP contribution < -0.4 is 19.8 Å². The number of anilines is 1. The van der Waals surface area contributed by atoms with Crippen LogP contribution in [0.5, 0.6) is 11.5 Å². The van der Waals surface area contributed by atoms with Gasteiger partial charge < -0.3 is 23.5 Å². The van der Waals surface area contributed by atoms with Crippen molar-refractivity contribution in [1.29, 1.82) is 0 Å². The Kier molecular flexibility index (Phi) is 5.75. The molecule has 0 saturated carbocycles. The van der Waals surface area contributed by atoms with E-state index in [0.717, 1.165) is 19.0 Å². The second-order valence-corrected chi connectivity index (χ2v) is 5.58. The maximum atomic E-state index is 12.2. The number of hydrogen-bond donors (Lipinski definition) is 1. The normalized spacial score (nSPS) is 14.5. The van der Waals surface area contributed by atoms with Crippen LogP contribution in [-0.2, 0) is 4.74 Å². The van der Waals surface area contributed by atoms with Crippen molar-refractivity contribution in [1.82, 2.24) is 5.43 Å². The minimum absolute atomic E-state index is 0.376. The zero-order valence-electron chi connectivity index (χ0n) is 14.7. The molecule has 26 heavy (non-hydrogen) atoms. The summed E-state index contributed by atoms with van der Waals surface area (Å²) in [6.45, 7) is 2.95. The summed E-state index contributed by atoms with van der Waals surface area (Å²) in [6, 6.07) is 8.58. The Morgan fingerprint density at radius 1 is 1.15 bits per heavy atom. The van der Waals surface area contributed by atoms with Crippen molar-refractivity contribution in [3.05, 3.63) is 41.7 Å². The van der Waals surface area contributed by atoms with Crippen molar-refractivity contribution in [2.75, 3.05) is 45.4 Å². The minimum atomic E-state index is -0.376. The average molecular weight is 359 g/mol. The van der Waals surface area contributed by atoms with Crippen molar-refractivity contribution in [3.63, 3.8) is 0 Å². The van der Waals surface area contributed by atoms with Crippen molar-refractivity contribution in [2.45, 2.75) is 0 Å². The molecule has 0 unspecified atom stereocenters. The number of morpholine rings is 1. The largest absolute Gasteiger partial charge is 0.497 e. The second-order valence-electron chi connectivity index (χ2n) is 5.58. The lowest BCUT2D eigenvalue weighted by Crippen LogP contribution is -2.35. The Morgan fingerprint density at radius 3 is 2.50 bits per heavy atom. The molecule has 2 heterocycles. The number of nitrogens with one attached hydrogen (secondary N) is 1. The molecule has 1 N–H and O–H groups in total. The first-order valence-corrected chi connectivity index (χ1v) is 8.18. The first-order valence-electron chi connectivity index (χ1n) is 8.18. The third-order valence-electron chi connectivity index (χ3n) is 3.91. The highest BCUT2D eigenvalue weighted by Crippen LogP contribution is 2.22. The summed E-state index contributed by atoms with van der Waals surface area (Å²) < 4.78 is 21.3. The molecule has 1 aromatic heterocycles. The average Bonchev–Trinajstić information content (AvgIpc) is 3.17. The number of benzene rings is 1. The zero-order valence-corrected chi connectivity index (χ0v) is 14.7. The number of carbonyl (C=O) groups is 1. The maximum absolute atomic E-state index is 12.2. The van der Waals surface area contributed by atoms with Gasteiger partial charge in [0.2, 0.25) is 0 Å². The molecule has 8 nitrogen and oxygen atoms in total. The lowest BCUT2D eigenvalue weighted by molar-refractivity contribution is 0.0954. The summed E-state index contributed by atoms with van der Waals surface area (Å²) in [7, 11) is 3.05. The third-order valence-corrected chi connectivity index (χ3v) is 3.91. The summed E-state index contributed by atoms with van der Waals surface area (Å²) in [6.07, 6.45) is 1.46. The molecule has 0 radical (unpaired) electrons. The van der Waals surface area contributed by atoms with Gasteiger partial charge in [-0.05, 0) is 18.2 Å². The van der Waals surface area contributed by atoms with Crippen LogP contribution in [0.1, 0.15) is 16.1 Å². The van der Waals surface area contributed by atoms with E-state index in [0.29, 0.717) is 36.0 Å². The van der Waals surface area contributed by atoms with E-state index in [1.54, 1.807) is 24.3 Å². The molecule has 0 atom stereocenters. The van der Waals surface area contributed by atoms with Gasteiger partial charge in [0.15, 0.2) is 5.88 Å². The first kappa shape index (κ1) is 17.8. The molecule has 0 bridgehead atoms. The molecule has 0 aliphatic carbocycles. The van der Waals surface area contributed by atoms with Crippen LogP contribution in [0.3, 0.4) is 0 Å². The number of amides is 1.